The molecule has 2 aromatic rings. The molecule has 5 nitrogen and oxygen atoms in total. The van der Waals surface area contributed by atoms with Crippen LogP contribution >= 0.6 is 0 Å². The molecule has 2 rings (SSSR count). The minimum atomic E-state index is -1.52. The highest BCUT2D eigenvalue weighted by Crippen LogP contribution is 2.31. The lowest BCUT2D eigenvalue weighted by Crippen LogP contribution is -2.29. The summed E-state index contributed by atoms with van der Waals surface area (Å²) in [6.07, 6.45) is 0. The molecule has 6 heteroatoms. The fraction of sp³-hybridized carbons (Fsp3) is 0. The van der Waals surface area contributed by atoms with Gasteiger partial charge in [0.1, 0.15) is 11.5 Å². The van der Waals surface area contributed by atoms with Crippen molar-refractivity contribution in [2.75, 3.05) is 0 Å². The summed E-state index contributed by atoms with van der Waals surface area (Å²) in [5.41, 5.74) is 0.357. The molecule has 0 amide bonds. The number of benzene rings is 2. The molecule has 0 aliphatic rings. The minimum Gasteiger partial charge on any atom is -0.504 e. The number of rotatable bonds is 3. The zero-order valence-electron chi connectivity index (χ0n) is 9.32. The van der Waals surface area contributed by atoms with Gasteiger partial charge in [-0.2, -0.15) is 0 Å². The lowest BCUT2D eigenvalue weighted by molar-refractivity contribution is 0.398. The first-order valence-corrected chi connectivity index (χ1v) is 5.22. The second kappa shape index (κ2) is 4.99. The Hall–Kier alpha value is -2.18. The molecule has 0 unspecified atom stereocenters. The predicted octanol–water partition coefficient (Wildman–Crippen LogP) is 0.570. The Labute approximate surface area is 104 Å². The van der Waals surface area contributed by atoms with Crippen molar-refractivity contribution in [1.29, 1.82) is 0 Å². The molecule has 92 valence electrons. The first-order chi connectivity index (χ1) is 8.56. The molecule has 0 saturated carbocycles. The third-order valence-corrected chi connectivity index (χ3v) is 2.36. The molecule has 0 saturated heterocycles. The van der Waals surface area contributed by atoms with Crippen LogP contribution in [0.15, 0.2) is 42.5 Å². The lowest BCUT2D eigenvalue weighted by atomic mass is 9.80. The summed E-state index contributed by atoms with van der Waals surface area (Å²) < 4.78 is 5.41. The fourth-order valence-corrected chi connectivity index (χ4v) is 1.41. The molecule has 2 aromatic carbocycles. The third kappa shape index (κ3) is 2.74. The summed E-state index contributed by atoms with van der Waals surface area (Å²) in [7, 11) is -1.52. The average molecular weight is 246 g/mol. The van der Waals surface area contributed by atoms with Crippen molar-refractivity contribution in [3.63, 3.8) is 0 Å². The van der Waals surface area contributed by atoms with E-state index in [0.717, 1.165) is 0 Å². The van der Waals surface area contributed by atoms with Crippen LogP contribution in [-0.4, -0.2) is 27.4 Å². The van der Waals surface area contributed by atoms with Gasteiger partial charge in [-0.05, 0) is 29.7 Å². The summed E-state index contributed by atoms with van der Waals surface area (Å²) in [6.45, 7) is 0. The van der Waals surface area contributed by atoms with E-state index in [4.69, 9.17) is 19.9 Å². The van der Waals surface area contributed by atoms with Gasteiger partial charge in [-0.15, -0.1) is 0 Å². The predicted molar refractivity (Wildman–Crippen MR) is 66.1 cm³/mol. The number of phenolic OH excluding ortho intramolecular Hbond substituents is 2. The summed E-state index contributed by atoms with van der Waals surface area (Å²) in [6, 6.07) is 10.3. The highest BCUT2D eigenvalue weighted by molar-refractivity contribution is 6.58. The first-order valence-electron chi connectivity index (χ1n) is 5.22. The number of hydrogen-bond donors (Lipinski definition) is 4. The molecule has 4 N–H and O–H groups in total. The molecule has 0 aliphatic carbocycles. The van der Waals surface area contributed by atoms with Gasteiger partial charge in [0.25, 0.3) is 0 Å². The lowest BCUT2D eigenvalue weighted by Gasteiger charge is -2.07. The second-order valence-corrected chi connectivity index (χ2v) is 3.70. The van der Waals surface area contributed by atoms with Crippen LogP contribution in [0.4, 0.5) is 0 Å². The normalized spacial score (nSPS) is 10.1. The molecule has 0 aromatic heterocycles. The Morgan fingerprint density at radius 2 is 1.39 bits per heavy atom. The SMILES string of the molecule is OB(O)c1ccc(Oc2ccc(O)c(O)c2)cc1. The van der Waals surface area contributed by atoms with E-state index in [-0.39, 0.29) is 11.5 Å². The molecule has 18 heavy (non-hydrogen) atoms. The highest BCUT2D eigenvalue weighted by atomic mass is 16.5. The van der Waals surface area contributed by atoms with Crippen molar-refractivity contribution < 1.29 is 25.0 Å². The van der Waals surface area contributed by atoms with Gasteiger partial charge in [-0.3, -0.25) is 0 Å². The van der Waals surface area contributed by atoms with Crippen LogP contribution in [-0.2, 0) is 0 Å². The van der Waals surface area contributed by atoms with Gasteiger partial charge in [0.15, 0.2) is 11.5 Å². The van der Waals surface area contributed by atoms with Crippen molar-refractivity contribution in [3.05, 3.63) is 42.5 Å². The Balaban J connectivity index is 2.15. The Bertz CT molecular complexity index is 539. The molecule has 0 spiro atoms. The van der Waals surface area contributed by atoms with Crippen molar-refractivity contribution in [2.45, 2.75) is 0 Å². The zero-order valence-corrected chi connectivity index (χ0v) is 9.32. The van der Waals surface area contributed by atoms with Crippen LogP contribution in [0.2, 0.25) is 0 Å². The Morgan fingerprint density at radius 1 is 0.778 bits per heavy atom. The third-order valence-electron chi connectivity index (χ3n) is 2.36. The maximum absolute atomic E-state index is 9.30. The topological polar surface area (TPSA) is 90.2 Å². The second-order valence-electron chi connectivity index (χ2n) is 3.70. The highest BCUT2D eigenvalue weighted by Gasteiger charge is 2.10. The van der Waals surface area contributed by atoms with E-state index in [2.05, 4.69) is 0 Å². The molecular weight excluding hydrogens is 235 g/mol. The molecule has 0 fully saturated rings. The quantitative estimate of drug-likeness (QED) is 0.469. The fourth-order valence-electron chi connectivity index (χ4n) is 1.41. The standard InChI is InChI=1S/C12H11BO5/c14-11-6-5-10(7-12(11)15)18-9-3-1-8(2-4-9)13(16)17/h1-7,14-17H. The summed E-state index contributed by atoms with van der Waals surface area (Å²) in [5, 5.41) is 36.3. The molecular formula is C12H11BO5. The molecule has 0 radical (unpaired) electrons. The van der Waals surface area contributed by atoms with Crippen molar-refractivity contribution in [3.8, 4) is 23.0 Å². The van der Waals surface area contributed by atoms with Crippen LogP contribution < -0.4 is 10.2 Å². The van der Waals surface area contributed by atoms with Crippen molar-refractivity contribution in [2.24, 2.45) is 0 Å². The van der Waals surface area contributed by atoms with E-state index < -0.39 is 7.12 Å². The van der Waals surface area contributed by atoms with Gasteiger partial charge in [-0.25, -0.2) is 0 Å². The summed E-state index contributed by atoms with van der Waals surface area (Å²) >= 11 is 0. The van der Waals surface area contributed by atoms with E-state index in [0.29, 0.717) is 17.0 Å². The van der Waals surface area contributed by atoms with Crippen molar-refractivity contribution in [1.82, 2.24) is 0 Å². The largest absolute Gasteiger partial charge is 0.504 e. The van der Waals surface area contributed by atoms with Gasteiger partial charge in [0.05, 0.1) is 0 Å². The van der Waals surface area contributed by atoms with Gasteiger partial charge < -0.3 is 25.0 Å². The van der Waals surface area contributed by atoms with E-state index in [1.165, 1.54) is 30.3 Å². The van der Waals surface area contributed by atoms with E-state index in [1.54, 1.807) is 12.1 Å². The molecule has 0 heterocycles. The summed E-state index contributed by atoms with van der Waals surface area (Å²) in [4.78, 5) is 0. The van der Waals surface area contributed by atoms with E-state index in [1.807, 2.05) is 0 Å². The maximum Gasteiger partial charge on any atom is 0.488 e. The van der Waals surface area contributed by atoms with Crippen molar-refractivity contribution >= 4 is 12.6 Å². The number of phenols is 2. The molecule has 0 atom stereocenters. The first kappa shape index (κ1) is 12.3. The maximum atomic E-state index is 9.30. The molecule has 0 bridgehead atoms. The van der Waals surface area contributed by atoms with Crippen LogP contribution in [0.1, 0.15) is 0 Å². The number of ether oxygens (including phenoxy) is 1. The Kier molecular flexibility index (Phi) is 3.41. The van der Waals surface area contributed by atoms with E-state index >= 15 is 0 Å². The number of hydrogen-bond acceptors (Lipinski definition) is 5. The van der Waals surface area contributed by atoms with Crippen LogP contribution in [0.3, 0.4) is 0 Å². The minimum absolute atomic E-state index is 0.221. The van der Waals surface area contributed by atoms with Crippen LogP contribution in [0.5, 0.6) is 23.0 Å². The van der Waals surface area contributed by atoms with Gasteiger partial charge in [-0.1, -0.05) is 12.1 Å². The van der Waals surface area contributed by atoms with Crippen LogP contribution in [0.25, 0.3) is 0 Å². The summed E-state index contributed by atoms with van der Waals surface area (Å²) in [5.74, 6) is 0.350. The van der Waals surface area contributed by atoms with Gasteiger partial charge in [0, 0.05) is 6.07 Å². The zero-order chi connectivity index (χ0) is 13.1. The van der Waals surface area contributed by atoms with Gasteiger partial charge >= 0.3 is 7.12 Å². The van der Waals surface area contributed by atoms with E-state index in [9.17, 15) is 5.11 Å². The monoisotopic (exact) mass is 246 g/mol. The Morgan fingerprint density at radius 3 is 1.94 bits per heavy atom. The molecule has 0 aliphatic heterocycles. The van der Waals surface area contributed by atoms with Gasteiger partial charge in [0.2, 0.25) is 0 Å². The average Bonchev–Trinajstić information content (AvgIpc) is 2.34. The number of aromatic hydroxyl groups is 2. The van der Waals surface area contributed by atoms with Crippen LogP contribution in [0, 0.1) is 0 Å². The smallest absolute Gasteiger partial charge is 0.488 e.